The van der Waals surface area contributed by atoms with Gasteiger partial charge >= 0.3 is 17.9 Å². The van der Waals surface area contributed by atoms with Crippen molar-refractivity contribution in [3.63, 3.8) is 0 Å². The van der Waals surface area contributed by atoms with Gasteiger partial charge in [-0.05, 0) is 116 Å². The molecule has 75 heavy (non-hydrogen) atoms. The molecule has 0 aromatic carbocycles. The first-order valence-corrected chi connectivity index (χ1v) is 31.0. The van der Waals surface area contributed by atoms with E-state index in [1.54, 1.807) is 0 Å². The van der Waals surface area contributed by atoms with Crippen LogP contribution in [0.3, 0.4) is 0 Å². The number of carbonyl (C=O) groups excluding carboxylic acids is 3. The Balaban J connectivity index is 4.14. The number of esters is 3. The van der Waals surface area contributed by atoms with Crippen molar-refractivity contribution in [3.8, 4) is 0 Å². The minimum absolute atomic E-state index is 0.0872. The van der Waals surface area contributed by atoms with E-state index in [0.717, 1.165) is 135 Å². The van der Waals surface area contributed by atoms with E-state index in [1.165, 1.54) is 103 Å². The lowest BCUT2D eigenvalue weighted by Gasteiger charge is -2.18. The Labute approximate surface area is 462 Å². The van der Waals surface area contributed by atoms with E-state index in [-0.39, 0.29) is 31.1 Å². The van der Waals surface area contributed by atoms with Crippen molar-refractivity contribution < 1.29 is 28.6 Å². The van der Waals surface area contributed by atoms with Crippen LogP contribution in [0.1, 0.15) is 278 Å². The number of hydrogen-bond acceptors (Lipinski definition) is 6. The van der Waals surface area contributed by atoms with Crippen LogP contribution in [-0.4, -0.2) is 37.2 Å². The number of ether oxygens (including phenoxy) is 3. The molecule has 0 aromatic rings. The van der Waals surface area contributed by atoms with Crippen LogP contribution in [0.5, 0.6) is 0 Å². The highest BCUT2D eigenvalue weighted by Gasteiger charge is 2.19. The molecule has 0 aliphatic carbocycles. The second kappa shape index (κ2) is 62.4. The second-order valence-electron chi connectivity index (χ2n) is 20.2. The zero-order chi connectivity index (χ0) is 54.3. The van der Waals surface area contributed by atoms with E-state index >= 15 is 0 Å². The third kappa shape index (κ3) is 60.6. The van der Waals surface area contributed by atoms with Gasteiger partial charge in [0, 0.05) is 19.3 Å². The molecule has 0 amide bonds. The fourth-order valence-electron chi connectivity index (χ4n) is 8.31. The fourth-order valence-corrected chi connectivity index (χ4v) is 8.31. The molecule has 0 aliphatic heterocycles. The highest BCUT2D eigenvalue weighted by Crippen LogP contribution is 2.15. The molecule has 1 atom stereocenters. The largest absolute Gasteiger partial charge is 0.462 e. The van der Waals surface area contributed by atoms with Crippen LogP contribution in [0.4, 0.5) is 0 Å². The van der Waals surface area contributed by atoms with Crippen molar-refractivity contribution in [2.24, 2.45) is 0 Å². The molecule has 1 unspecified atom stereocenters. The third-order valence-electron chi connectivity index (χ3n) is 13.0. The van der Waals surface area contributed by atoms with Gasteiger partial charge in [0.2, 0.25) is 0 Å². The topological polar surface area (TPSA) is 78.9 Å². The highest BCUT2D eigenvalue weighted by molar-refractivity contribution is 5.71. The predicted molar refractivity (Wildman–Crippen MR) is 325 cm³/mol. The Morgan fingerprint density at radius 3 is 0.813 bits per heavy atom. The van der Waals surface area contributed by atoms with Crippen LogP contribution < -0.4 is 0 Å². The molecule has 426 valence electrons. The Kier molecular flexibility index (Phi) is 58.9. The van der Waals surface area contributed by atoms with Crippen molar-refractivity contribution in [1.29, 1.82) is 0 Å². The first kappa shape index (κ1) is 70.8. The van der Waals surface area contributed by atoms with Crippen molar-refractivity contribution in [3.05, 3.63) is 122 Å². The Bertz CT molecular complexity index is 1570. The van der Waals surface area contributed by atoms with Gasteiger partial charge in [-0.2, -0.15) is 0 Å². The summed E-state index contributed by atoms with van der Waals surface area (Å²) in [7, 11) is 0. The minimum Gasteiger partial charge on any atom is -0.462 e. The molecule has 0 radical (unpaired) electrons. The Morgan fingerprint density at radius 1 is 0.280 bits per heavy atom. The highest BCUT2D eigenvalue weighted by atomic mass is 16.6. The maximum absolute atomic E-state index is 12.8. The van der Waals surface area contributed by atoms with Crippen molar-refractivity contribution in [1.82, 2.24) is 0 Å². The molecule has 0 bridgehead atoms. The van der Waals surface area contributed by atoms with Gasteiger partial charge in [-0.15, -0.1) is 0 Å². The lowest BCUT2D eigenvalue weighted by Crippen LogP contribution is -2.30. The van der Waals surface area contributed by atoms with Crippen molar-refractivity contribution in [2.75, 3.05) is 13.2 Å². The molecular weight excluding hydrogens is 925 g/mol. The van der Waals surface area contributed by atoms with E-state index in [9.17, 15) is 14.4 Å². The molecule has 6 nitrogen and oxygen atoms in total. The molecule has 0 fully saturated rings. The number of hydrogen-bond donors (Lipinski definition) is 0. The smallest absolute Gasteiger partial charge is 0.306 e. The van der Waals surface area contributed by atoms with Crippen molar-refractivity contribution in [2.45, 2.75) is 284 Å². The third-order valence-corrected chi connectivity index (χ3v) is 13.0. The summed E-state index contributed by atoms with van der Waals surface area (Å²) < 4.78 is 16.7. The monoisotopic (exact) mass is 1040 g/mol. The Morgan fingerprint density at radius 2 is 0.520 bits per heavy atom. The number of carbonyl (C=O) groups is 3. The summed E-state index contributed by atoms with van der Waals surface area (Å²) in [5.74, 6) is -0.919. The van der Waals surface area contributed by atoms with Crippen molar-refractivity contribution >= 4 is 17.9 Å². The van der Waals surface area contributed by atoms with Gasteiger partial charge in [0.25, 0.3) is 0 Å². The fraction of sp³-hybridized carbons (Fsp3) is 0.667. The maximum Gasteiger partial charge on any atom is 0.306 e. The predicted octanol–water partition coefficient (Wildman–Crippen LogP) is 21.2. The first-order valence-electron chi connectivity index (χ1n) is 31.0. The summed E-state index contributed by atoms with van der Waals surface area (Å²) in [6.45, 7) is 6.42. The quantitative estimate of drug-likeness (QED) is 0.0261. The van der Waals surface area contributed by atoms with Gasteiger partial charge in [0.1, 0.15) is 13.2 Å². The van der Waals surface area contributed by atoms with E-state index in [2.05, 4.69) is 142 Å². The van der Waals surface area contributed by atoms with Crippen LogP contribution in [0.2, 0.25) is 0 Å². The summed E-state index contributed by atoms with van der Waals surface area (Å²) in [6, 6.07) is 0. The SMILES string of the molecule is CC/C=C\C/C=C\C/C=C\C/C=C\C/C=C\C/C=C\C/C=C\CCCCCCCCCC(=O)OCC(COC(=O)CCCCCCC)OC(=O)CCCCCCCCCC/C=C\C/C=C\C/C=C\CCCCCCC. The summed E-state index contributed by atoms with van der Waals surface area (Å²) in [5, 5.41) is 0. The Hall–Kier alpha value is -4.19. The standard InChI is InChI=1S/C69H114O6/c1-4-7-10-13-15-17-19-21-23-25-27-29-31-32-33-34-35-36-38-39-41-43-45-47-49-51-53-56-59-62-68(71)74-65-66(64-73-67(70)61-58-55-12-9-6-3)75-69(72)63-60-57-54-52-50-48-46-44-42-40-37-30-28-26-24-22-20-18-16-14-11-8-5-2/h7,10,15,17,20-23,26-29,32-33,35-37,39-41,66H,4-6,8-9,11-14,16,18-19,24-25,30-31,34,38,42-65H2,1-3H3/b10-7-,17-15-,22-20-,23-21-,28-26-,29-27-,33-32-,36-35-,40-37-,41-39-. The summed E-state index contributed by atoms with van der Waals surface area (Å²) in [6.07, 6.45) is 86.7. The molecule has 0 saturated carbocycles. The van der Waals surface area contributed by atoms with E-state index in [4.69, 9.17) is 14.2 Å². The molecular formula is C69H114O6. The molecule has 0 heterocycles. The number of rotatable bonds is 55. The van der Waals surface area contributed by atoms with Crippen LogP contribution in [-0.2, 0) is 28.6 Å². The molecule has 0 N–H and O–H groups in total. The summed E-state index contributed by atoms with van der Waals surface area (Å²) >= 11 is 0. The summed E-state index contributed by atoms with van der Waals surface area (Å²) in [5.41, 5.74) is 0. The molecule has 6 heteroatoms. The lowest BCUT2D eigenvalue weighted by atomic mass is 10.1. The van der Waals surface area contributed by atoms with Gasteiger partial charge in [0.05, 0.1) is 0 Å². The van der Waals surface area contributed by atoms with E-state index in [0.29, 0.717) is 19.3 Å². The normalized spacial score (nSPS) is 12.9. The lowest BCUT2D eigenvalue weighted by molar-refractivity contribution is -0.167. The van der Waals surface area contributed by atoms with Gasteiger partial charge in [0.15, 0.2) is 6.10 Å². The number of allylic oxidation sites excluding steroid dienone is 20. The van der Waals surface area contributed by atoms with E-state index in [1.807, 2.05) is 0 Å². The van der Waals surface area contributed by atoms with Crippen LogP contribution in [0.25, 0.3) is 0 Å². The van der Waals surface area contributed by atoms with E-state index < -0.39 is 6.10 Å². The zero-order valence-corrected chi connectivity index (χ0v) is 48.8. The van der Waals surface area contributed by atoms with Gasteiger partial charge < -0.3 is 14.2 Å². The first-order chi connectivity index (χ1) is 37.0. The average molecular weight is 1040 g/mol. The zero-order valence-electron chi connectivity index (χ0n) is 48.8. The van der Waals surface area contributed by atoms with Crippen LogP contribution in [0.15, 0.2) is 122 Å². The van der Waals surface area contributed by atoms with Gasteiger partial charge in [-0.3, -0.25) is 14.4 Å². The van der Waals surface area contributed by atoms with Gasteiger partial charge in [-0.1, -0.05) is 264 Å². The molecule has 0 rings (SSSR count). The molecule has 0 spiro atoms. The second-order valence-corrected chi connectivity index (χ2v) is 20.2. The summed E-state index contributed by atoms with van der Waals surface area (Å²) in [4.78, 5) is 37.9. The molecule has 0 aliphatic rings. The van der Waals surface area contributed by atoms with Crippen LogP contribution in [0, 0.1) is 0 Å². The minimum atomic E-state index is -0.787. The maximum atomic E-state index is 12.8. The number of unbranched alkanes of at least 4 members (excludes halogenated alkanes) is 24. The van der Waals surface area contributed by atoms with Gasteiger partial charge in [-0.25, -0.2) is 0 Å². The van der Waals surface area contributed by atoms with Crippen LogP contribution >= 0.6 is 0 Å². The molecule has 0 aromatic heterocycles. The average Bonchev–Trinajstić information content (AvgIpc) is 3.41. The molecule has 0 saturated heterocycles.